The first kappa shape index (κ1) is 36.3. The fourth-order valence-corrected chi connectivity index (χ4v) is 7.81. The number of methoxy groups -OCH3 is 2. The molecule has 1 aliphatic rings. The monoisotopic (exact) mass is 722 g/mol. The van der Waals surface area contributed by atoms with E-state index in [4.69, 9.17) is 18.9 Å². The molecule has 0 saturated carbocycles. The van der Waals surface area contributed by atoms with E-state index in [1.165, 1.54) is 0 Å². The van der Waals surface area contributed by atoms with Gasteiger partial charge in [0.15, 0.2) is 5.78 Å². The number of aromatic nitrogens is 1. The smallest absolute Gasteiger partial charge is 0.258 e. The van der Waals surface area contributed by atoms with Crippen LogP contribution < -0.4 is 18.9 Å². The fraction of sp³-hybridized carbons (Fsp3) is 0.261. The van der Waals surface area contributed by atoms with Crippen molar-refractivity contribution < 1.29 is 28.5 Å². The number of likely N-dealkylation sites (tertiary alicyclic amines) is 1. The number of carbonyl (C=O) groups excluding carboxylic acids is 2. The SMILES string of the molecule is CCOc1ccccc1C(=O)N1CCC(c2cn(Cc3cccc(OC)c3)c3ccccc23)C1C(=O)c1cccc(Cc2cccc(OC)c2)c1OCC. The van der Waals surface area contributed by atoms with Crippen molar-refractivity contribution in [2.45, 2.75) is 45.2 Å². The van der Waals surface area contributed by atoms with Crippen LogP contribution >= 0.6 is 0 Å². The van der Waals surface area contributed by atoms with Gasteiger partial charge in [-0.3, -0.25) is 9.59 Å². The van der Waals surface area contributed by atoms with Crippen LogP contribution in [0.15, 0.2) is 121 Å². The maximum Gasteiger partial charge on any atom is 0.258 e. The van der Waals surface area contributed by atoms with Crippen molar-refractivity contribution in [2.75, 3.05) is 34.0 Å². The Bertz CT molecular complexity index is 2280. The minimum Gasteiger partial charge on any atom is -0.497 e. The van der Waals surface area contributed by atoms with Crippen molar-refractivity contribution in [1.82, 2.24) is 9.47 Å². The average Bonchev–Trinajstić information content (AvgIpc) is 3.80. The Morgan fingerprint density at radius 3 is 2.15 bits per heavy atom. The van der Waals surface area contributed by atoms with Crippen molar-refractivity contribution in [3.05, 3.63) is 155 Å². The van der Waals surface area contributed by atoms with Crippen LogP contribution in [0.25, 0.3) is 10.9 Å². The van der Waals surface area contributed by atoms with Crippen LogP contribution in [0.5, 0.6) is 23.0 Å². The largest absolute Gasteiger partial charge is 0.497 e. The molecule has 1 amide bonds. The Morgan fingerprint density at radius 2 is 1.39 bits per heavy atom. The molecule has 7 rings (SSSR count). The van der Waals surface area contributed by atoms with Gasteiger partial charge in [-0.05, 0) is 91.1 Å². The highest BCUT2D eigenvalue weighted by atomic mass is 16.5. The Labute approximate surface area is 316 Å². The van der Waals surface area contributed by atoms with Gasteiger partial charge in [0.25, 0.3) is 5.91 Å². The van der Waals surface area contributed by atoms with E-state index in [9.17, 15) is 4.79 Å². The maximum atomic E-state index is 15.3. The van der Waals surface area contributed by atoms with Gasteiger partial charge >= 0.3 is 0 Å². The number of carbonyl (C=O) groups is 2. The zero-order valence-electron chi connectivity index (χ0n) is 31.3. The normalized spacial score (nSPS) is 15.3. The third-order valence-electron chi connectivity index (χ3n) is 10.2. The molecule has 2 atom stereocenters. The molecule has 8 heteroatoms. The molecule has 0 bridgehead atoms. The van der Waals surface area contributed by atoms with Crippen molar-refractivity contribution in [3.8, 4) is 23.0 Å². The number of fused-ring (bicyclic) bond motifs is 1. The summed E-state index contributed by atoms with van der Waals surface area (Å²) >= 11 is 0. The second-order valence-electron chi connectivity index (χ2n) is 13.5. The first-order chi connectivity index (χ1) is 26.4. The molecule has 0 aliphatic carbocycles. The predicted molar refractivity (Wildman–Crippen MR) is 212 cm³/mol. The molecule has 2 heterocycles. The van der Waals surface area contributed by atoms with E-state index >= 15 is 4.79 Å². The molecule has 1 aromatic heterocycles. The molecule has 5 aromatic carbocycles. The zero-order chi connectivity index (χ0) is 37.6. The van der Waals surface area contributed by atoms with Crippen molar-refractivity contribution in [2.24, 2.45) is 0 Å². The summed E-state index contributed by atoms with van der Waals surface area (Å²) in [6.07, 6.45) is 3.32. The summed E-state index contributed by atoms with van der Waals surface area (Å²) in [5.41, 5.74) is 6.01. The van der Waals surface area contributed by atoms with Gasteiger partial charge in [-0.15, -0.1) is 0 Å². The van der Waals surface area contributed by atoms with E-state index in [1.54, 1.807) is 25.2 Å². The minimum atomic E-state index is -0.797. The fourth-order valence-electron chi connectivity index (χ4n) is 7.81. The van der Waals surface area contributed by atoms with Crippen LogP contribution in [0.3, 0.4) is 0 Å². The molecular weight excluding hydrogens is 677 g/mol. The molecule has 1 saturated heterocycles. The quantitative estimate of drug-likeness (QED) is 0.105. The van der Waals surface area contributed by atoms with Gasteiger partial charge in [-0.1, -0.05) is 66.7 Å². The lowest BCUT2D eigenvalue weighted by molar-refractivity contribution is 0.0657. The maximum absolute atomic E-state index is 15.3. The zero-order valence-corrected chi connectivity index (χ0v) is 31.3. The lowest BCUT2D eigenvalue weighted by atomic mass is 9.86. The van der Waals surface area contributed by atoms with Crippen LogP contribution in [0.1, 0.15) is 69.2 Å². The Morgan fingerprint density at radius 1 is 0.722 bits per heavy atom. The average molecular weight is 723 g/mol. The number of Topliss-reactive ketones (excluding diaryl/α,β-unsaturated/α-hetero) is 1. The van der Waals surface area contributed by atoms with Gasteiger partial charge in [0.1, 0.15) is 29.0 Å². The number of benzene rings is 5. The Hall–Kier alpha value is -6.02. The first-order valence-corrected chi connectivity index (χ1v) is 18.6. The molecule has 2 unspecified atom stereocenters. The molecule has 0 radical (unpaired) electrons. The molecule has 8 nitrogen and oxygen atoms in total. The summed E-state index contributed by atoms with van der Waals surface area (Å²) < 4.78 is 25.5. The standard InChI is InChI=1S/C46H46N2O6/c1-5-53-42-23-10-8-20-38(42)46(50)48-25-24-37(40-30-47(41-22-9-7-19-36(40)41)29-32-15-12-18-35(28-32)52-4)43(48)44(49)39-21-13-16-33(45(39)54-6-2)26-31-14-11-17-34(27-31)51-3/h7-23,27-28,30,37,43H,5-6,24-26,29H2,1-4H3. The first-order valence-electron chi connectivity index (χ1n) is 18.6. The number of hydrogen-bond donors (Lipinski definition) is 0. The third-order valence-corrected chi connectivity index (χ3v) is 10.2. The lowest BCUT2D eigenvalue weighted by Gasteiger charge is -2.29. The molecular formula is C46H46N2O6. The molecule has 0 spiro atoms. The van der Waals surface area contributed by atoms with Crippen molar-refractivity contribution in [3.63, 3.8) is 0 Å². The van der Waals surface area contributed by atoms with E-state index in [-0.39, 0.29) is 17.6 Å². The number of ether oxygens (including phenoxy) is 4. The van der Waals surface area contributed by atoms with E-state index in [2.05, 4.69) is 29.0 Å². The summed E-state index contributed by atoms with van der Waals surface area (Å²) in [5, 5.41) is 1.06. The van der Waals surface area contributed by atoms with Gasteiger partial charge in [-0.2, -0.15) is 0 Å². The van der Waals surface area contributed by atoms with Crippen molar-refractivity contribution >= 4 is 22.6 Å². The minimum absolute atomic E-state index is 0.152. The summed E-state index contributed by atoms with van der Waals surface area (Å²) in [4.78, 5) is 31.7. The highest BCUT2D eigenvalue weighted by molar-refractivity contribution is 6.08. The molecule has 6 aromatic rings. The van der Waals surface area contributed by atoms with Gasteiger partial charge in [-0.25, -0.2) is 0 Å². The Balaban J connectivity index is 1.34. The predicted octanol–water partition coefficient (Wildman–Crippen LogP) is 8.98. The summed E-state index contributed by atoms with van der Waals surface area (Å²) in [5.74, 6) is 1.94. The molecule has 0 N–H and O–H groups in total. The molecule has 276 valence electrons. The summed E-state index contributed by atoms with van der Waals surface area (Å²) in [6, 6.07) is 36.5. The number of para-hydroxylation sites is 3. The van der Waals surface area contributed by atoms with Crippen LogP contribution in [-0.4, -0.2) is 61.2 Å². The van der Waals surface area contributed by atoms with Gasteiger partial charge in [0.05, 0.1) is 38.6 Å². The molecule has 1 aliphatic heterocycles. The number of ketones is 1. The topological polar surface area (TPSA) is 79.2 Å². The van der Waals surface area contributed by atoms with E-state index in [1.807, 2.05) is 105 Å². The summed E-state index contributed by atoms with van der Waals surface area (Å²) in [6.45, 7) is 5.64. The highest BCUT2D eigenvalue weighted by Gasteiger charge is 2.45. The van der Waals surface area contributed by atoms with Crippen LogP contribution in [0.2, 0.25) is 0 Å². The van der Waals surface area contributed by atoms with Crippen molar-refractivity contribution in [1.29, 1.82) is 0 Å². The van der Waals surface area contributed by atoms with E-state index < -0.39 is 6.04 Å². The Kier molecular flexibility index (Phi) is 11.0. The third kappa shape index (κ3) is 7.29. The highest BCUT2D eigenvalue weighted by Crippen LogP contribution is 2.42. The summed E-state index contributed by atoms with van der Waals surface area (Å²) in [7, 11) is 3.32. The number of nitrogens with zero attached hydrogens (tertiary/aromatic N) is 2. The van der Waals surface area contributed by atoms with Crippen LogP contribution in [-0.2, 0) is 13.0 Å². The molecule has 54 heavy (non-hydrogen) atoms. The number of hydrogen-bond acceptors (Lipinski definition) is 6. The van der Waals surface area contributed by atoms with Crippen LogP contribution in [0.4, 0.5) is 0 Å². The van der Waals surface area contributed by atoms with E-state index in [0.29, 0.717) is 61.8 Å². The van der Waals surface area contributed by atoms with Gasteiger partial charge in [0, 0.05) is 42.5 Å². The van der Waals surface area contributed by atoms with E-state index in [0.717, 1.165) is 44.7 Å². The second-order valence-corrected chi connectivity index (χ2v) is 13.5. The van der Waals surface area contributed by atoms with Gasteiger partial charge < -0.3 is 28.4 Å². The van der Waals surface area contributed by atoms with Crippen LogP contribution in [0, 0.1) is 0 Å². The lowest BCUT2D eigenvalue weighted by Crippen LogP contribution is -2.43. The molecule has 1 fully saturated rings. The number of amides is 1. The van der Waals surface area contributed by atoms with Gasteiger partial charge in [0.2, 0.25) is 0 Å². The second kappa shape index (κ2) is 16.3. The number of rotatable bonds is 14.